The third-order valence-corrected chi connectivity index (χ3v) is 4.14. The number of aliphatic imine (C=N–C) groups is 1. The highest BCUT2D eigenvalue weighted by atomic mass is 16.6. The summed E-state index contributed by atoms with van der Waals surface area (Å²) in [5, 5.41) is 9.32. The maximum absolute atomic E-state index is 12.2. The van der Waals surface area contributed by atoms with Gasteiger partial charge in [0.05, 0.1) is 19.9 Å². The minimum atomic E-state index is -0.519. The summed E-state index contributed by atoms with van der Waals surface area (Å²) in [6, 6.07) is 19.0. The number of ether oxygens (including phenoxy) is 3. The molecule has 0 aliphatic heterocycles. The smallest absolute Gasteiger partial charge is 0.336 e. The number of carbonyl (C=O) groups is 1. The molecule has 0 spiro atoms. The maximum Gasteiger partial charge on any atom is 0.336 e. The standard InChI is InChI=1S/C24H21NO5/c1-28-21-11-3-17(4-12-21)6-14-24(27)30-22-13-5-18(15-23(22)29-2)16-25-19-7-9-20(26)10-8-19/h3-16,26H,1-2H3/b14-6+,25-16?. The summed E-state index contributed by atoms with van der Waals surface area (Å²) in [6.07, 6.45) is 4.67. The van der Waals surface area contributed by atoms with Crippen LogP contribution < -0.4 is 14.2 Å². The number of hydrogen-bond donors (Lipinski definition) is 1. The monoisotopic (exact) mass is 403 g/mol. The fourth-order valence-electron chi connectivity index (χ4n) is 2.56. The van der Waals surface area contributed by atoms with Gasteiger partial charge in [-0.15, -0.1) is 0 Å². The van der Waals surface area contributed by atoms with Crippen LogP contribution in [0.25, 0.3) is 6.08 Å². The van der Waals surface area contributed by atoms with Gasteiger partial charge in [0.1, 0.15) is 11.5 Å². The summed E-state index contributed by atoms with van der Waals surface area (Å²) < 4.78 is 15.8. The molecule has 1 N–H and O–H groups in total. The van der Waals surface area contributed by atoms with Crippen LogP contribution in [0.2, 0.25) is 0 Å². The molecule has 0 radical (unpaired) electrons. The molecule has 0 aromatic heterocycles. The Labute approximate surface area is 174 Å². The molecule has 0 amide bonds. The van der Waals surface area contributed by atoms with Gasteiger partial charge in [-0.3, -0.25) is 4.99 Å². The Kier molecular flexibility index (Phi) is 6.84. The Bertz CT molecular complexity index is 1050. The first-order valence-electron chi connectivity index (χ1n) is 9.12. The SMILES string of the molecule is COc1ccc(/C=C/C(=O)Oc2ccc(C=Nc3ccc(O)cc3)cc2OC)cc1. The van der Waals surface area contributed by atoms with Crippen molar-refractivity contribution in [3.8, 4) is 23.0 Å². The van der Waals surface area contributed by atoms with Crippen LogP contribution >= 0.6 is 0 Å². The van der Waals surface area contributed by atoms with Gasteiger partial charge in [0.25, 0.3) is 0 Å². The molecule has 0 aliphatic carbocycles. The number of phenols is 1. The number of benzene rings is 3. The third kappa shape index (κ3) is 5.72. The van der Waals surface area contributed by atoms with E-state index < -0.39 is 5.97 Å². The molecule has 152 valence electrons. The van der Waals surface area contributed by atoms with Crippen LogP contribution in [0, 0.1) is 0 Å². The van der Waals surface area contributed by atoms with Crippen molar-refractivity contribution >= 4 is 23.9 Å². The molecule has 0 bridgehead atoms. The normalized spacial score (nSPS) is 11.0. The van der Waals surface area contributed by atoms with Gasteiger partial charge in [0.2, 0.25) is 0 Å². The molecule has 0 atom stereocenters. The Balaban J connectivity index is 1.67. The lowest BCUT2D eigenvalue weighted by molar-refractivity contribution is -0.129. The Morgan fingerprint density at radius 2 is 1.57 bits per heavy atom. The van der Waals surface area contributed by atoms with E-state index in [1.165, 1.54) is 13.2 Å². The van der Waals surface area contributed by atoms with E-state index in [2.05, 4.69) is 4.99 Å². The highest BCUT2D eigenvalue weighted by molar-refractivity contribution is 5.89. The predicted octanol–water partition coefficient (Wildman–Crippen LogP) is 4.78. The average Bonchev–Trinajstić information content (AvgIpc) is 2.78. The molecule has 0 aliphatic rings. The van der Waals surface area contributed by atoms with Gasteiger partial charge in [0.15, 0.2) is 11.5 Å². The molecule has 3 aromatic carbocycles. The second-order valence-electron chi connectivity index (χ2n) is 6.21. The van der Waals surface area contributed by atoms with E-state index >= 15 is 0 Å². The first-order chi connectivity index (χ1) is 14.6. The summed E-state index contributed by atoms with van der Waals surface area (Å²) >= 11 is 0. The van der Waals surface area contributed by atoms with Crippen molar-refractivity contribution in [2.24, 2.45) is 4.99 Å². The zero-order valence-corrected chi connectivity index (χ0v) is 16.6. The second kappa shape index (κ2) is 9.93. The molecule has 0 heterocycles. The van der Waals surface area contributed by atoms with Crippen LogP contribution in [0.5, 0.6) is 23.0 Å². The van der Waals surface area contributed by atoms with Gasteiger partial charge in [-0.05, 0) is 71.8 Å². The number of hydrogen-bond acceptors (Lipinski definition) is 6. The second-order valence-corrected chi connectivity index (χ2v) is 6.21. The lowest BCUT2D eigenvalue weighted by atomic mass is 10.2. The molecular weight excluding hydrogens is 382 g/mol. The predicted molar refractivity (Wildman–Crippen MR) is 116 cm³/mol. The van der Waals surface area contributed by atoms with Gasteiger partial charge in [-0.1, -0.05) is 12.1 Å². The van der Waals surface area contributed by atoms with Crippen LogP contribution in [0.4, 0.5) is 5.69 Å². The summed E-state index contributed by atoms with van der Waals surface area (Å²) in [6.45, 7) is 0. The van der Waals surface area contributed by atoms with Gasteiger partial charge < -0.3 is 19.3 Å². The molecule has 0 unspecified atom stereocenters. The van der Waals surface area contributed by atoms with Crippen molar-refractivity contribution in [1.29, 1.82) is 0 Å². The van der Waals surface area contributed by atoms with Crippen molar-refractivity contribution < 1.29 is 24.1 Å². The maximum atomic E-state index is 12.2. The highest BCUT2D eigenvalue weighted by Crippen LogP contribution is 2.28. The van der Waals surface area contributed by atoms with Crippen molar-refractivity contribution in [1.82, 2.24) is 0 Å². The molecule has 3 rings (SSSR count). The van der Waals surface area contributed by atoms with Crippen LogP contribution in [-0.4, -0.2) is 31.5 Å². The lowest BCUT2D eigenvalue weighted by Gasteiger charge is -2.08. The van der Waals surface area contributed by atoms with Crippen LogP contribution in [0.1, 0.15) is 11.1 Å². The van der Waals surface area contributed by atoms with E-state index in [4.69, 9.17) is 14.2 Å². The van der Waals surface area contributed by atoms with E-state index in [1.54, 1.807) is 61.9 Å². The molecule has 0 saturated carbocycles. The average molecular weight is 403 g/mol. The number of methoxy groups -OCH3 is 2. The largest absolute Gasteiger partial charge is 0.508 e. The van der Waals surface area contributed by atoms with E-state index in [0.717, 1.165) is 16.9 Å². The van der Waals surface area contributed by atoms with Crippen LogP contribution in [-0.2, 0) is 4.79 Å². The van der Waals surface area contributed by atoms with E-state index in [0.29, 0.717) is 17.2 Å². The Morgan fingerprint density at radius 3 is 2.23 bits per heavy atom. The van der Waals surface area contributed by atoms with Crippen LogP contribution in [0.15, 0.2) is 77.8 Å². The molecule has 6 heteroatoms. The van der Waals surface area contributed by atoms with E-state index in [9.17, 15) is 9.90 Å². The number of nitrogens with zero attached hydrogens (tertiary/aromatic N) is 1. The van der Waals surface area contributed by atoms with Gasteiger partial charge in [-0.25, -0.2) is 4.79 Å². The number of rotatable bonds is 7. The number of aromatic hydroxyl groups is 1. The molecule has 3 aromatic rings. The summed E-state index contributed by atoms with van der Waals surface area (Å²) in [5.74, 6) is 1.13. The lowest BCUT2D eigenvalue weighted by Crippen LogP contribution is -2.05. The van der Waals surface area contributed by atoms with Crippen molar-refractivity contribution in [3.05, 3.63) is 83.9 Å². The van der Waals surface area contributed by atoms with Crippen molar-refractivity contribution in [2.75, 3.05) is 14.2 Å². The minimum Gasteiger partial charge on any atom is -0.508 e. The summed E-state index contributed by atoms with van der Waals surface area (Å²) in [4.78, 5) is 16.5. The molecule has 0 saturated heterocycles. The molecule has 30 heavy (non-hydrogen) atoms. The first kappa shape index (κ1) is 20.7. The zero-order chi connectivity index (χ0) is 21.3. The van der Waals surface area contributed by atoms with E-state index in [-0.39, 0.29) is 5.75 Å². The first-order valence-corrected chi connectivity index (χ1v) is 9.12. The van der Waals surface area contributed by atoms with Gasteiger partial charge in [-0.2, -0.15) is 0 Å². The fraction of sp³-hybridized carbons (Fsp3) is 0.0833. The molecule has 6 nitrogen and oxygen atoms in total. The molecular formula is C24H21NO5. The fourth-order valence-corrected chi connectivity index (χ4v) is 2.56. The van der Waals surface area contributed by atoms with E-state index in [1.807, 2.05) is 24.3 Å². The van der Waals surface area contributed by atoms with Crippen molar-refractivity contribution in [3.63, 3.8) is 0 Å². The summed E-state index contributed by atoms with van der Waals surface area (Å²) in [5.41, 5.74) is 2.32. The van der Waals surface area contributed by atoms with Crippen molar-refractivity contribution in [2.45, 2.75) is 0 Å². The van der Waals surface area contributed by atoms with Gasteiger partial charge in [0, 0.05) is 12.3 Å². The number of phenolic OH excluding ortho intramolecular Hbond substituents is 1. The minimum absolute atomic E-state index is 0.183. The zero-order valence-electron chi connectivity index (χ0n) is 16.6. The summed E-state index contributed by atoms with van der Waals surface area (Å²) in [7, 11) is 3.10. The topological polar surface area (TPSA) is 77.4 Å². The number of esters is 1. The number of carbonyl (C=O) groups excluding carboxylic acids is 1. The quantitative estimate of drug-likeness (QED) is 0.266. The molecule has 0 fully saturated rings. The highest BCUT2D eigenvalue weighted by Gasteiger charge is 2.08. The Hall–Kier alpha value is -4.06. The van der Waals surface area contributed by atoms with Crippen LogP contribution in [0.3, 0.4) is 0 Å². The Morgan fingerprint density at radius 1 is 0.867 bits per heavy atom. The van der Waals surface area contributed by atoms with Gasteiger partial charge >= 0.3 is 5.97 Å². The third-order valence-electron chi connectivity index (χ3n) is 4.14.